The van der Waals surface area contributed by atoms with Crippen molar-refractivity contribution in [3.05, 3.63) is 30.1 Å². The molecule has 0 bridgehead atoms. The van der Waals surface area contributed by atoms with Gasteiger partial charge in [-0.05, 0) is 27.3 Å². The monoisotopic (exact) mass is 262 g/mol. The first kappa shape index (κ1) is 13.7. The second-order valence-electron chi connectivity index (χ2n) is 4.94. The van der Waals surface area contributed by atoms with E-state index in [4.69, 9.17) is 0 Å². The van der Waals surface area contributed by atoms with Gasteiger partial charge in [-0.25, -0.2) is 9.67 Å². The highest BCUT2D eigenvalue weighted by molar-refractivity contribution is 5.10. The molecule has 0 fully saturated rings. The molecular formula is C13H22N6. The van der Waals surface area contributed by atoms with Crippen molar-refractivity contribution in [2.24, 2.45) is 0 Å². The summed E-state index contributed by atoms with van der Waals surface area (Å²) in [6.07, 6.45) is 6.64. The maximum Gasteiger partial charge on any atom is 0.148 e. The van der Waals surface area contributed by atoms with E-state index in [1.165, 1.54) is 5.56 Å². The van der Waals surface area contributed by atoms with Gasteiger partial charge in [0.05, 0.1) is 6.20 Å². The van der Waals surface area contributed by atoms with E-state index in [2.05, 4.69) is 47.5 Å². The minimum atomic E-state index is 0.313. The maximum atomic E-state index is 4.40. The Morgan fingerprint density at radius 2 is 2.11 bits per heavy atom. The average Bonchev–Trinajstić information content (AvgIpc) is 3.01. The molecule has 1 unspecified atom stereocenters. The Labute approximate surface area is 113 Å². The van der Waals surface area contributed by atoms with E-state index in [0.717, 1.165) is 12.2 Å². The van der Waals surface area contributed by atoms with Crippen molar-refractivity contribution < 1.29 is 0 Å². The molecule has 0 amide bonds. The summed E-state index contributed by atoms with van der Waals surface area (Å²) in [6.45, 7) is 7.01. The van der Waals surface area contributed by atoms with Gasteiger partial charge in [-0.1, -0.05) is 6.92 Å². The Bertz CT molecular complexity index is 509. The third-order valence-electron chi connectivity index (χ3n) is 3.25. The maximum absolute atomic E-state index is 4.40. The third kappa shape index (κ3) is 3.01. The normalized spacial score (nSPS) is 13.1. The lowest BCUT2D eigenvalue weighted by atomic mass is 10.1. The smallest absolute Gasteiger partial charge is 0.148 e. The zero-order valence-electron chi connectivity index (χ0n) is 12.0. The molecule has 6 heteroatoms. The van der Waals surface area contributed by atoms with Crippen molar-refractivity contribution >= 4 is 0 Å². The topological polar surface area (TPSA) is 60.6 Å². The van der Waals surface area contributed by atoms with Crippen molar-refractivity contribution in [3.63, 3.8) is 0 Å². The van der Waals surface area contributed by atoms with E-state index in [1.54, 1.807) is 6.33 Å². The first-order valence-corrected chi connectivity index (χ1v) is 6.73. The molecule has 0 saturated heterocycles. The Hall–Kier alpha value is -1.69. The minimum Gasteiger partial charge on any atom is -0.313 e. The molecule has 2 heterocycles. The Balaban J connectivity index is 2.13. The van der Waals surface area contributed by atoms with E-state index in [-0.39, 0.29) is 0 Å². The lowest BCUT2D eigenvalue weighted by molar-refractivity contribution is 0.487. The van der Waals surface area contributed by atoms with Crippen molar-refractivity contribution in [1.82, 2.24) is 29.9 Å². The quantitative estimate of drug-likeness (QED) is 0.862. The van der Waals surface area contributed by atoms with E-state index in [1.807, 2.05) is 22.6 Å². The molecule has 19 heavy (non-hydrogen) atoms. The van der Waals surface area contributed by atoms with Crippen LogP contribution in [0.25, 0.3) is 0 Å². The molecule has 1 atom stereocenters. The number of aromatic nitrogens is 5. The molecule has 1 N–H and O–H groups in total. The van der Waals surface area contributed by atoms with E-state index in [0.29, 0.717) is 18.6 Å². The molecule has 0 saturated carbocycles. The molecule has 0 aromatic carbocycles. The van der Waals surface area contributed by atoms with Crippen molar-refractivity contribution in [2.75, 3.05) is 7.05 Å². The molecule has 0 aliphatic carbocycles. The zero-order chi connectivity index (χ0) is 13.8. The number of nitrogens with one attached hydrogen (secondary N) is 1. The first-order valence-electron chi connectivity index (χ1n) is 6.73. The SMILES string of the molecule is CCC(NC)c1cnn(Cc2ncnn2C(C)C)c1. The van der Waals surface area contributed by atoms with Crippen LogP contribution in [0.3, 0.4) is 0 Å². The van der Waals surface area contributed by atoms with Gasteiger partial charge >= 0.3 is 0 Å². The minimum absolute atomic E-state index is 0.313. The summed E-state index contributed by atoms with van der Waals surface area (Å²) in [5.74, 6) is 0.933. The lowest BCUT2D eigenvalue weighted by Gasteiger charge is -2.11. The van der Waals surface area contributed by atoms with Crippen LogP contribution in [0, 0.1) is 0 Å². The van der Waals surface area contributed by atoms with Gasteiger partial charge in [-0.2, -0.15) is 10.2 Å². The van der Waals surface area contributed by atoms with Crippen LogP contribution in [-0.4, -0.2) is 31.6 Å². The first-order chi connectivity index (χ1) is 9.15. The summed E-state index contributed by atoms with van der Waals surface area (Å²) >= 11 is 0. The van der Waals surface area contributed by atoms with Gasteiger partial charge < -0.3 is 5.32 Å². The van der Waals surface area contributed by atoms with Crippen LogP contribution in [0.1, 0.15) is 50.7 Å². The fourth-order valence-electron chi connectivity index (χ4n) is 2.22. The highest BCUT2D eigenvalue weighted by Gasteiger charge is 2.12. The summed E-state index contributed by atoms with van der Waals surface area (Å²) in [6, 6.07) is 0.671. The standard InChI is InChI=1S/C13H22N6/c1-5-12(14-4)11-6-16-18(7-11)8-13-15-9-17-19(13)10(2)3/h6-7,9-10,12,14H,5,8H2,1-4H3. The third-order valence-corrected chi connectivity index (χ3v) is 3.25. The van der Waals surface area contributed by atoms with Crippen LogP contribution in [-0.2, 0) is 6.54 Å². The van der Waals surface area contributed by atoms with Gasteiger partial charge in [0, 0.05) is 23.8 Å². The molecule has 2 rings (SSSR count). The molecule has 0 aliphatic rings. The highest BCUT2D eigenvalue weighted by Crippen LogP contribution is 2.15. The Kier molecular flexibility index (Phi) is 4.31. The van der Waals surface area contributed by atoms with Crippen molar-refractivity contribution in [2.45, 2.75) is 45.8 Å². The number of rotatable bonds is 6. The van der Waals surface area contributed by atoms with Crippen LogP contribution < -0.4 is 5.32 Å². The summed E-state index contributed by atoms with van der Waals surface area (Å²) in [5.41, 5.74) is 1.21. The van der Waals surface area contributed by atoms with Crippen LogP contribution in [0.15, 0.2) is 18.7 Å². The van der Waals surface area contributed by atoms with Crippen molar-refractivity contribution in [3.8, 4) is 0 Å². The largest absolute Gasteiger partial charge is 0.313 e. The highest BCUT2D eigenvalue weighted by atomic mass is 15.4. The number of hydrogen-bond donors (Lipinski definition) is 1. The van der Waals surface area contributed by atoms with Gasteiger partial charge in [-0.3, -0.25) is 4.68 Å². The molecule has 0 aliphatic heterocycles. The van der Waals surface area contributed by atoms with E-state index < -0.39 is 0 Å². The van der Waals surface area contributed by atoms with E-state index in [9.17, 15) is 0 Å². The summed E-state index contributed by atoms with van der Waals surface area (Å²) in [7, 11) is 1.97. The summed E-state index contributed by atoms with van der Waals surface area (Å²) in [5, 5.41) is 11.9. The molecular weight excluding hydrogens is 240 g/mol. The number of hydrogen-bond acceptors (Lipinski definition) is 4. The molecule has 0 radical (unpaired) electrons. The number of nitrogens with zero attached hydrogens (tertiary/aromatic N) is 5. The summed E-state index contributed by atoms with van der Waals surface area (Å²) < 4.78 is 3.84. The molecule has 2 aromatic rings. The summed E-state index contributed by atoms with van der Waals surface area (Å²) in [4.78, 5) is 4.30. The van der Waals surface area contributed by atoms with Gasteiger partial charge in [0.25, 0.3) is 0 Å². The molecule has 0 spiro atoms. The lowest BCUT2D eigenvalue weighted by Crippen LogP contribution is -2.15. The van der Waals surface area contributed by atoms with Gasteiger partial charge in [-0.15, -0.1) is 0 Å². The Morgan fingerprint density at radius 3 is 2.74 bits per heavy atom. The van der Waals surface area contributed by atoms with Crippen LogP contribution in [0.4, 0.5) is 0 Å². The van der Waals surface area contributed by atoms with Crippen LogP contribution >= 0.6 is 0 Å². The Morgan fingerprint density at radius 1 is 1.32 bits per heavy atom. The van der Waals surface area contributed by atoms with Gasteiger partial charge in [0.1, 0.15) is 18.7 Å². The zero-order valence-corrected chi connectivity index (χ0v) is 12.0. The second kappa shape index (κ2) is 5.97. The predicted molar refractivity (Wildman–Crippen MR) is 73.8 cm³/mol. The predicted octanol–water partition coefficient (Wildman–Crippen LogP) is 1.77. The fourth-order valence-corrected chi connectivity index (χ4v) is 2.22. The van der Waals surface area contributed by atoms with Gasteiger partial charge in [0.2, 0.25) is 0 Å². The van der Waals surface area contributed by atoms with Gasteiger partial charge in [0.15, 0.2) is 0 Å². The molecule has 6 nitrogen and oxygen atoms in total. The van der Waals surface area contributed by atoms with Crippen molar-refractivity contribution in [1.29, 1.82) is 0 Å². The van der Waals surface area contributed by atoms with Crippen LogP contribution in [0.2, 0.25) is 0 Å². The fraction of sp³-hybridized carbons (Fsp3) is 0.615. The molecule has 104 valence electrons. The van der Waals surface area contributed by atoms with E-state index >= 15 is 0 Å². The molecule has 2 aromatic heterocycles. The van der Waals surface area contributed by atoms with Crippen LogP contribution in [0.5, 0.6) is 0 Å². The average molecular weight is 262 g/mol. The second-order valence-corrected chi connectivity index (χ2v) is 4.94.